The van der Waals surface area contributed by atoms with Gasteiger partial charge in [-0.1, -0.05) is 12.8 Å². The molecule has 0 N–H and O–H groups in total. The highest BCUT2D eigenvalue weighted by atomic mass is 16.5. The van der Waals surface area contributed by atoms with E-state index in [1.165, 1.54) is 0 Å². The Morgan fingerprint density at radius 3 is 2.53 bits per heavy atom. The molecular formula is C13H16O2. The molecule has 0 spiro atoms. The Bertz CT molecular complexity index is 372. The van der Waals surface area contributed by atoms with Crippen molar-refractivity contribution >= 4 is 0 Å². The Morgan fingerprint density at radius 1 is 1.13 bits per heavy atom. The van der Waals surface area contributed by atoms with Crippen LogP contribution in [0, 0.1) is 11.8 Å². The Labute approximate surface area is 91.2 Å². The van der Waals surface area contributed by atoms with Crippen LogP contribution in [-0.4, -0.2) is 14.2 Å². The molecule has 0 unspecified atom stereocenters. The van der Waals surface area contributed by atoms with Crippen molar-refractivity contribution in [1.29, 1.82) is 0 Å². The molecule has 0 saturated carbocycles. The molecule has 1 aromatic carbocycles. The van der Waals surface area contributed by atoms with Crippen LogP contribution in [0.5, 0.6) is 11.5 Å². The van der Waals surface area contributed by atoms with Crippen LogP contribution in [0.2, 0.25) is 0 Å². The third-order valence-electron chi connectivity index (χ3n) is 2.07. The number of methoxy groups -OCH3 is 2. The minimum absolute atomic E-state index is 0.703. The smallest absolute Gasteiger partial charge is 0.123 e. The molecule has 15 heavy (non-hydrogen) atoms. The average molecular weight is 204 g/mol. The zero-order valence-electron chi connectivity index (χ0n) is 9.46. The topological polar surface area (TPSA) is 18.5 Å². The zero-order valence-corrected chi connectivity index (χ0v) is 9.46. The normalized spacial score (nSPS) is 9.00. The third kappa shape index (κ3) is 3.21. The highest BCUT2D eigenvalue weighted by molar-refractivity contribution is 5.42. The summed E-state index contributed by atoms with van der Waals surface area (Å²) in [6.07, 6.45) is 1.58. The van der Waals surface area contributed by atoms with Gasteiger partial charge in [0.1, 0.15) is 11.5 Å². The Morgan fingerprint density at radius 2 is 1.93 bits per heavy atom. The molecule has 0 atom stereocenters. The predicted molar refractivity (Wildman–Crippen MR) is 61.3 cm³/mol. The van der Waals surface area contributed by atoms with Gasteiger partial charge in [-0.05, 0) is 18.2 Å². The van der Waals surface area contributed by atoms with Crippen LogP contribution in [0.15, 0.2) is 18.2 Å². The first kappa shape index (κ1) is 11.5. The van der Waals surface area contributed by atoms with Crippen molar-refractivity contribution < 1.29 is 9.47 Å². The van der Waals surface area contributed by atoms with E-state index >= 15 is 0 Å². The van der Waals surface area contributed by atoms with Gasteiger partial charge >= 0.3 is 0 Å². The van der Waals surface area contributed by atoms with E-state index in [2.05, 4.69) is 11.8 Å². The first-order valence-corrected chi connectivity index (χ1v) is 4.98. The quantitative estimate of drug-likeness (QED) is 0.705. The highest BCUT2D eigenvalue weighted by Gasteiger charge is 2.02. The van der Waals surface area contributed by atoms with Gasteiger partial charge in [-0.2, -0.15) is 0 Å². The molecule has 2 heteroatoms. The van der Waals surface area contributed by atoms with Crippen molar-refractivity contribution in [2.75, 3.05) is 14.2 Å². The molecule has 0 heterocycles. The fourth-order valence-corrected chi connectivity index (χ4v) is 1.30. The first-order valence-electron chi connectivity index (χ1n) is 4.98. The van der Waals surface area contributed by atoms with Crippen LogP contribution in [-0.2, 0) is 6.42 Å². The van der Waals surface area contributed by atoms with Crippen LogP contribution in [0.25, 0.3) is 0 Å². The standard InChI is InChI=1S/C13H16O2/c1-4-5-6-7-11-10-12(14-2)8-9-13(11)15-3/h8-10H,4,7H2,1-3H3. The van der Waals surface area contributed by atoms with E-state index in [0.29, 0.717) is 6.42 Å². The second-order valence-electron chi connectivity index (χ2n) is 3.06. The molecule has 0 aromatic heterocycles. The molecule has 0 bridgehead atoms. The lowest BCUT2D eigenvalue weighted by Crippen LogP contribution is -1.92. The SMILES string of the molecule is CCC#CCc1cc(OC)ccc1OC. The summed E-state index contributed by atoms with van der Waals surface area (Å²) in [5.74, 6) is 7.83. The molecule has 0 aliphatic heterocycles. The van der Waals surface area contributed by atoms with Gasteiger partial charge in [0.15, 0.2) is 0 Å². The molecule has 0 radical (unpaired) electrons. The lowest BCUT2D eigenvalue weighted by atomic mass is 10.1. The van der Waals surface area contributed by atoms with Gasteiger partial charge in [-0.15, -0.1) is 5.92 Å². The predicted octanol–water partition coefficient (Wildman–Crippen LogP) is 2.66. The van der Waals surface area contributed by atoms with Crippen molar-refractivity contribution in [3.63, 3.8) is 0 Å². The average Bonchev–Trinajstić information content (AvgIpc) is 2.29. The summed E-state index contributed by atoms with van der Waals surface area (Å²) in [5, 5.41) is 0. The number of ether oxygens (including phenoxy) is 2. The first-order chi connectivity index (χ1) is 7.31. The second-order valence-corrected chi connectivity index (χ2v) is 3.06. The summed E-state index contributed by atoms with van der Waals surface area (Å²) in [6.45, 7) is 2.04. The van der Waals surface area contributed by atoms with Crippen LogP contribution < -0.4 is 9.47 Å². The van der Waals surface area contributed by atoms with Crippen molar-refractivity contribution in [2.45, 2.75) is 19.8 Å². The van der Waals surface area contributed by atoms with Crippen molar-refractivity contribution in [3.05, 3.63) is 23.8 Å². The van der Waals surface area contributed by atoms with E-state index < -0.39 is 0 Å². The molecule has 80 valence electrons. The van der Waals surface area contributed by atoms with Crippen LogP contribution in [0.3, 0.4) is 0 Å². The molecule has 1 rings (SSSR count). The summed E-state index contributed by atoms with van der Waals surface area (Å²) < 4.78 is 10.4. The van der Waals surface area contributed by atoms with Crippen molar-refractivity contribution in [2.24, 2.45) is 0 Å². The molecule has 0 aliphatic rings. The Hall–Kier alpha value is -1.62. The van der Waals surface area contributed by atoms with E-state index in [9.17, 15) is 0 Å². The highest BCUT2D eigenvalue weighted by Crippen LogP contribution is 2.23. The molecule has 0 saturated heterocycles. The Balaban J connectivity index is 2.90. The number of benzene rings is 1. The molecule has 0 aliphatic carbocycles. The van der Waals surface area contributed by atoms with E-state index in [4.69, 9.17) is 9.47 Å². The van der Waals surface area contributed by atoms with Crippen molar-refractivity contribution in [3.8, 4) is 23.3 Å². The van der Waals surface area contributed by atoms with Crippen LogP contribution >= 0.6 is 0 Å². The molecule has 2 nitrogen and oxygen atoms in total. The van der Waals surface area contributed by atoms with Gasteiger partial charge in [0.2, 0.25) is 0 Å². The van der Waals surface area contributed by atoms with E-state index in [-0.39, 0.29) is 0 Å². The molecule has 0 fully saturated rings. The van der Waals surface area contributed by atoms with Gasteiger partial charge in [0.25, 0.3) is 0 Å². The minimum Gasteiger partial charge on any atom is -0.497 e. The van der Waals surface area contributed by atoms with E-state index in [0.717, 1.165) is 23.5 Å². The molecule has 0 amide bonds. The fraction of sp³-hybridized carbons (Fsp3) is 0.385. The lowest BCUT2D eigenvalue weighted by Gasteiger charge is -2.07. The summed E-state index contributed by atoms with van der Waals surface area (Å²) >= 11 is 0. The maximum atomic E-state index is 5.25. The van der Waals surface area contributed by atoms with E-state index in [1.54, 1.807) is 14.2 Å². The van der Waals surface area contributed by atoms with Gasteiger partial charge in [0.05, 0.1) is 14.2 Å². The summed E-state index contributed by atoms with van der Waals surface area (Å²) in [5.41, 5.74) is 1.07. The van der Waals surface area contributed by atoms with Gasteiger partial charge in [-0.3, -0.25) is 0 Å². The second kappa shape index (κ2) is 5.98. The maximum absolute atomic E-state index is 5.25. The summed E-state index contributed by atoms with van der Waals surface area (Å²) in [4.78, 5) is 0. The van der Waals surface area contributed by atoms with Gasteiger partial charge < -0.3 is 9.47 Å². The van der Waals surface area contributed by atoms with Gasteiger partial charge in [0, 0.05) is 18.4 Å². The molecule has 1 aromatic rings. The largest absolute Gasteiger partial charge is 0.497 e. The maximum Gasteiger partial charge on any atom is 0.123 e. The van der Waals surface area contributed by atoms with Crippen molar-refractivity contribution in [1.82, 2.24) is 0 Å². The fourth-order valence-electron chi connectivity index (χ4n) is 1.30. The minimum atomic E-state index is 0.703. The van der Waals surface area contributed by atoms with Gasteiger partial charge in [-0.25, -0.2) is 0 Å². The van der Waals surface area contributed by atoms with Crippen LogP contribution in [0.1, 0.15) is 18.9 Å². The number of rotatable bonds is 3. The molecular weight excluding hydrogens is 188 g/mol. The zero-order chi connectivity index (χ0) is 11.1. The third-order valence-corrected chi connectivity index (χ3v) is 2.07. The summed E-state index contributed by atoms with van der Waals surface area (Å²) in [7, 11) is 3.32. The van der Waals surface area contributed by atoms with E-state index in [1.807, 2.05) is 25.1 Å². The Kier molecular flexibility index (Phi) is 4.56. The monoisotopic (exact) mass is 204 g/mol. The number of hydrogen-bond donors (Lipinski definition) is 0. The lowest BCUT2D eigenvalue weighted by molar-refractivity contribution is 0.400. The van der Waals surface area contributed by atoms with Crippen LogP contribution in [0.4, 0.5) is 0 Å². The number of hydrogen-bond acceptors (Lipinski definition) is 2. The summed E-state index contributed by atoms with van der Waals surface area (Å²) in [6, 6.07) is 5.75.